The lowest BCUT2D eigenvalue weighted by Gasteiger charge is -2.22. The molecule has 0 heterocycles. The zero-order chi connectivity index (χ0) is 12.3. The average molecular weight is 243 g/mol. The molecule has 1 rings (SSSR count). The highest BCUT2D eigenvalue weighted by atomic mass is 16.5. The Bertz CT molecular complexity index is 163. The molecule has 0 spiro atoms. The summed E-state index contributed by atoms with van der Waals surface area (Å²) >= 11 is 0. The van der Waals surface area contributed by atoms with E-state index in [0.717, 1.165) is 32.6 Å². The molecular formula is C14H29NO2. The summed E-state index contributed by atoms with van der Waals surface area (Å²) in [6.07, 6.45) is 9.43. The van der Waals surface area contributed by atoms with Crippen molar-refractivity contribution in [2.45, 2.75) is 64.0 Å². The van der Waals surface area contributed by atoms with Crippen molar-refractivity contribution in [3.05, 3.63) is 0 Å². The van der Waals surface area contributed by atoms with Crippen LogP contribution in [0.4, 0.5) is 0 Å². The van der Waals surface area contributed by atoms with E-state index >= 15 is 0 Å². The van der Waals surface area contributed by atoms with E-state index in [-0.39, 0.29) is 0 Å². The molecular weight excluding hydrogens is 214 g/mol. The van der Waals surface area contributed by atoms with Gasteiger partial charge in [0, 0.05) is 19.8 Å². The second-order valence-electron chi connectivity index (χ2n) is 5.00. The maximum absolute atomic E-state index is 5.89. The molecule has 0 saturated heterocycles. The topological polar surface area (TPSA) is 30.5 Å². The van der Waals surface area contributed by atoms with Crippen molar-refractivity contribution in [2.24, 2.45) is 0 Å². The Kier molecular flexibility index (Phi) is 8.67. The van der Waals surface area contributed by atoms with Crippen LogP contribution in [0.5, 0.6) is 0 Å². The molecule has 1 N–H and O–H groups in total. The van der Waals surface area contributed by atoms with Gasteiger partial charge in [-0.25, -0.2) is 0 Å². The first-order chi connectivity index (χ1) is 8.36. The van der Waals surface area contributed by atoms with Gasteiger partial charge in [0.05, 0.1) is 12.7 Å². The summed E-state index contributed by atoms with van der Waals surface area (Å²) in [4.78, 5) is 0. The molecule has 0 aromatic rings. The standard InChI is InChI=1S/C14H29NO2/c1-3-13(12-16-2)15-10-7-11-17-14-8-5-4-6-9-14/h13-15H,3-12H2,1-2H3. The van der Waals surface area contributed by atoms with Crippen molar-refractivity contribution in [3.8, 4) is 0 Å². The molecule has 1 unspecified atom stereocenters. The first-order valence-corrected chi connectivity index (χ1v) is 7.20. The molecule has 0 aromatic heterocycles. The molecule has 1 fully saturated rings. The maximum Gasteiger partial charge on any atom is 0.0615 e. The summed E-state index contributed by atoms with van der Waals surface area (Å²) in [5.41, 5.74) is 0. The summed E-state index contributed by atoms with van der Waals surface area (Å²) in [6, 6.07) is 0.495. The minimum absolute atomic E-state index is 0.495. The Morgan fingerprint density at radius 2 is 2.00 bits per heavy atom. The fourth-order valence-corrected chi connectivity index (χ4v) is 2.38. The normalized spacial score (nSPS) is 19.4. The predicted molar refractivity (Wildman–Crippen MR) is 71.4 cm³/mol. The summed E-state index contributed by atoms with van der Waals surface area (Å²) in [5, 5.41) is 3.50. The molecule has 0 amide bonds. The van der Waals surface area contributed by atoms with Crippen LogP contribution in [0.1, 0.15) is 51.9 Å². The van der Waals surface area contributed by atoms with E-state index in [0.29, 0.717) is 12.1 Å². The number of hydrogen-bond donors (Lipinski definition) is 1. The van der Waals surface area contributed by atoms with E-state index in [9.17, 15) is 0 Å². The zero-order valence-corrected chi connectivity index (χ0v) is 11.5. The van der Waals surface area contributed by atoms with Gasteiger partial charge in [-0.05, 0) is 32.2 Å². The van der Waals surface area contributed by atoms with Crippen molar-refractivity contribution < 1.29 is 9.47 Å². The van der Waals surface area contributed by atoms with Crippen LogP contribution >= 0.6 is 0 Å². The molecule has 1 atom stereocenters. The highest BCUT2D eigenvalue weighted by molar-refractivity contribution is 4.66. The fourth-order valence-electron chi connectivity index (χ4n) is 2.38. The fraction of sp³-hybridized carbons (Fsp3) is 1.00. The summed E-state index contributed by atoms with van der Waals surface area (Å²) < 4.78 is 11.0. The van der Waals surface area contributed by atoms with Gasteiger partial charge < -0.3 is 14.8 Å². The van der Waals surface area contributed by atoms with Gasteiger partial charge in [-0.1, -0.05) is 26.2 Å². The SMILES string of the molecule is CCC(COC)NCCCOC1CCCCC1. The highest BCUT2D eigenvalue weighted by Crippen LogP contribution is 2.20. The van der Waals surface area contributed by atoms with Crippen molar-refractivity contribution in [1.82, 2.24) is 5.32 Å². The monoisotopic (exact) mass is 243 g/mol. The summed E-state index contributed by atoms with van der Waals surface area (Å²) in [6.45, 7) is 4.94. The molecule has 17 heavy (non-hydrogen) atoms. The second kappa shape index (κ2) is 9.86. The van der Waals surface area contributed by atoms with Crippen LogP contribution in [0.3, 0.4) is 0 Å². The lowest BCUT2D eigenvalue weighted by atomic mass is 9.98. The van der Waals surface area contributed by atoms with Crippen LogP contribution in [0.2, 0.25) is 0 Å². The number of hydrogen-bond acceptors (Lipinski definition) is 3. The molecule has 1 aliphatic rings. The Morgan fingerprint density at radius 1 is 1.24 bits per heavy atom. The van der Waals surface area contributed by atoms with Crippen molar-refractivity contribution in [1.29, 1.82) is 0 Å². The predicted octanol–water partition coefficient (Wildman–Crippen LogP) is 2.74. The third-order valence-electron chi connectivity index (χ3n) is 3.52. The minimum atomic E-state index is 0.495. The molecule has 0 aliphatic heterocycles. The van der Waals surface area contributed by atoms with Gasteiger partial charge in [0.15, 0.2) is 0 Å². The largest absolute Gasteiger partial charge is 0.383 e. The quantitative estimate of drug-likeness (QED) is 0.632. The lowest BCUT2D eigenvalue weighted by molar-refractivity contribution is 0.0267. The highest BCUT2D eigenvalue weighted by Gasteiger charge is 2.13. The van der Waals surface area contributed by atoms with Crippen molar-refractivity contribution in [3.63, 3.8) is 0 Å². The molecule has 1 aliphatic carbocycles. The first kappa shape index (κ1) is 14.9. The van der Waals surface area contributed by atoms with Gasteiger partial charge in [-0.2, -0.15) is 0 Å². The van der Waals surface area contributed by atoms with Crippen LogP contribution < -0.4 is 5.32 Å². The van der Waals surface area contributed by atoms with E-state index in [1.54, 1.807) is 7.11 Å². The van der Waals surface area contributed by atoms with Crippen LogP contribution in [0.15, 0.2) is 0 Å². The van der Waals surface area contributed by atoms with Crippen LogP contribution in [0, 0.1) is 0 Å². The maximum atomic E-state index is 5.89. The van der Waals surface area contributed by atoms with Crippen LogP contribution in [-0.4, -0.2) is 39.0 Å². The van der Waals surface area contributed by atoms with Crippen molar-refractivity contribution in [2.75, 3.05) is 26.9 Å². The van der Waals surface area contributed by atoms with E-state index in [2.05, 4.69) is 12.2 Å². The molecule has 0 aromatic carbocycles. The van der Waals surface area contributed by atoms with Gasteiger partial charge in [-0.15, -0.1) is 0 Å². The number of rotatable bonds is 9. The minimum Gasteiger partial charge on any atom is -0.383 e. The average Bonchev–Trinajstić information content (AvgIpc) is 2.38. The van der Waals surface area contributed by atoms with Gasteiger partial charge in [0.1, 0.15) is 0 Å². The molecule has 3 nitrogen and oxygen atoms in total. The van der Waals surface area contributed by atoms with E-state index < -0.39 is 0 Å². The number of ether oxygens (including phenoxy) is 2. The van der Waals surface area contributed by atoms with E-state index in [1.807, 2.05) is 0 Å². The third kappa shape index (κ3) is 7.02. The Balaban J connectivity index is 1.92. The van der Waals surface area contributed by atoms with Crippen LogP contribution in [-0.2, 0) is 9.47 Å². The second-order valence-corrected chi connectivity index (χ2v) is 5.00. The van der Waals surface area contributed by atoms with Gasteiger partial charge >= 0.3 is 0 Å². The van der Waals surface area contributed by atoms with E-state index in [1.165, 1.54) is 32.1 Å². The lowest BCUT2D eigenvalue weighted by Crippen LogP contribution is -2.33. The molecule has 3 heteroatoms. The van der Waals surface area contributed by atoms with Gasteiger partial charge in [0.2, 0.25) is 0 Å². The Labute approximate surface area is 106 Å². The summed E-state index contributed by atoms with van der Waals surface area (Å²) in [7, 11) is 1.76. The molecule has 1 saturated carbocycles. The zero-order valence-electron chi connectivity index (χ0n) is 11.5. The molecule has 0 bridgehead atoms. The Hall–Kier alpha value is -0.120. The Morgan fingerprint density at radius 3 is 2.65 bits per heavy atom. The summed E-state index contributed by atoms with van der Waals surface area (Å²) in [5.74, 6) is 0. The van der Waals surface area contributed by atoms with Gasteiger partial charge in [-0.3, -0.25) is 0 Å². The number of nitrogens with one attached hydrogen (secondary N) is 1. The van der Waals surface area contributed by atoms with Gasteiger partial charge in [0.25, 0.3) is 0 Å². The molecule has 102 valence electrons. The number of methoxy groups -OCH3 is 1. The molecule has 0 radical (unpaired) electrons. The smallest absolute Gasteiger partial charge is 0.0615 e. The van der Waals surface area contributed by atoms with Crippen LogP contribution in [0.25, 0.3) is 0 Å². The van der Waals surface area contributed by atoms with E-state index in [4.69, 9.17) is 9.47 Å². The third-order valence-corrected chi connectivity index (χ3v) is 3.52. The van der Waals surface area contributed by atoms with Crippen molar-refractivity contribution >= 4 is 0 Å². The first-order valence-electron chi connectivity index (χ1n) is 7.20.